The molecule has 3 rings (SSSR count). The van der Waals surface area contributed by atoms with E-state index in [-0.39, 0.29) is 10.5 Å². The van der Waals surface area contributed by atoms with Gasteiger partial charge in [-0.25, -0.2) is 13.1 Å². The SMILES string of the molecule is COc1cc(NC(=O)c2cccc(S(C)(=O)=O)c2)cc(-n2cnnn2)c1. The highest BCUT2D eigenvalue weighted by molar-refractivity contribution is 7.90. The van der Waals surface area contributed by atoms with Crippen molar-refractivity contribution in [2.24, 2.45) is 0 Å². The van der Waals surface area contributed by atoms with Gasteiger partial charge in [-0.3, -0.25) is 4.79 Å². The number of rotatable bonds is 5. The Morgan fingerprint density at radius 3 is 2.65 bits per heavy atom. The van der Waals surface area contributed by atoms with Crippen molar-refractivity contribution < 1.29 is 17.9 Å². The third kappa shape index (κ3) is 3.86. The van der Waals surface area contributed by atoms with Gasteiger partial charge in [0.05, 0.1) is 17.7 Å². The van der Waals surface area contributed by atoms with Crippen molar-refractivity contribution in [2.45, 2.75) is 4.90 Å². The van der Waals surface area contributed by atoms with Crippen LogP contribution in [0.15, 0.2) is 53.7 Å². The van der Waals surface area contributed by atoms with Crippen LogP contribution < -0.4 is 10.1 Å². The number of nitrogens with zero attached hydrogens (tertiary/aromatic N) is 4. The number of amides is 1. The van der Waals surface area contributed by atoms with Gasteiger partial charge in [-0.2, -0.15) is 0 Å². The number of nitrogens with one attached hydrogen (secondary N) is 1. The van der Waals surface area contributed by atoms with E-state index in [0.717, 1.165) is 6.26 Å². The molecule has 26 heavy (non-hydrogen) atoms. The summed E-state index contributed by atoms with van der Waals surface area (Å²) in [5.41, 5.74) is 1.26. The Hall–Kier alpha value is -3.27. The number of ether oxygens (including phenoxy) is 1. The van der Waals surface area contributed by atoms with E-state index in [2.05, 4.69) is 20.8 Å². The number of anilines is 1. The number of benzene rings is 2. The molecule has 1 aromatic heterocycles. The Kier molecular flexibility index (Phi) is 4.67. The molecular formula is C16H15N5O4S. The summed E-state index contributed by atoms with van der Waals surface area (Å²) >= 11 is 0. The topological polar surface area (TPSA) is 116 Å². The van der Waals surface area contributed by atoms with Crippen molar-refractivity contribution in [3.8, 4) is 11.4 Å². The van der Waals surface area contributed by atoms with E-state index < -0.39 is 15.7 Å². The number of carbonyl (C=O) groups is 1. The molecular weight excluding hydrogens is 358 g/mol. The lowest BCUT2D eigenvalue weighted by Crippen LogP contribution is -2.13. The molecule has 0 aliphatic heterocycles. The highest BCUT2D eigenvalue weighted by Crippen LogP contribution is 2.23. The lowest BCUT2D eigenvalue weighted by atomic mass is 10.2. The van der Waals surface area contributed by atoms with E-state index in [0.29, 0.717) is 17.1 Å². The fourth-order valence-electron chi connectivity index (χ4n) is 2.26. The van der Waals surface area contributed by atoms with Crippen LogP contribution in [-0.4, -0.2) is 47.9 Å². The zero-order chi connectivity index (χ0) is 18.7. The molecule has 0 unspecified atom stereocenters. The summed E-state index contributed by atoms with van der Waals surface area (Å²) in [6.45, 7) is 0. The van der Waals surface area contributed by atoms with Crippen molar-refractivity contribution in [1.82, 2.24) is 20.2 Å². The molecule has 0 saturated carbocycles. The fraction of sp³-hybridized carbons (Fsp3) is 0.125. The smallest absolute Gasteiger partial charge is 0.255 e. The normalized spacial score (nSPS) is 11.2. The van der Waals surface area contributed by atoms with Crippen LogP contribution in [0.5, 0.6) is 5.75 Å². The van der Waals surface area contributed by atoms with Gasteiger partial charge in [-0.1, -0.05) is 6.07 Å². The molecule has 0 aliphatic carbocycles. The summed E-state index contributed by atoms with van der Waals surface area (Å²) < 4.78 is 30.0. The third-order valence-corrected chi connectivity index (χ3v) is 4.63. The minimum absolute atomic E-state index is 0.0742. The van der Waals surface area contributed by atoms with Crippen LogP contribution in [0.4, 0.5) is 5.69 Å². The average Bonchev–Trinajstić information content (AvgIpc) is 3.15. The number of aromatic nitrogens is 4. The molecule has 1 heterocycles. The summed E-state index contributed by atoms with van der Waals surface area (Å²) in [5.74, 6) is 0.0459. The summed E-state index contributed by atoms with van der Waals surface area (Å²) in [4.78, 5) is 12.6. The second kappa shape index (κ2) is 6.92. The van der Waals surface area contributed by atoms with E-state index >= 15 is 0 Å². The first-order valence-electron chi connectivity index (χ1n) is 7.41. The van der Waals surface area contributed by atoms with Gasteiger partial charge in [-0.05, 0) is 34.7 Å². The molecule has 2 aromatic carbocycles. The van der Waals surface area contributed by atoms with Gasteiger partial charge in [0.25, 0.3) is 5.91 Å². The lowest BCUT2D eigenvalue weighted by molar-refractivity contribution is 0.102. The molecule has 0 aliphatic rings. The van der Waals surface area contributed by atoms with Gasteiger partial charge in [0.15, 0.2) is 9.84 Å². The summed E-state index contributed by atoms with van der Waals surface area (Å²) in [5, 5.41) is 13.7. The Bertz CT molecular complexity index is 1050. The number of sulfone groups is 1. The first-order valence-corrected chi connectivity index (χ1v) is 9.30. The van der Waals surface area contributed by atoms with Gasteiger partial charge >= 0.3 is 0 Å². The molecule has 1 amide bonds. The van der Waals surface area contributed by atoms with E-state index in [4.69, 9.17) is 4.74 Å². The van der Waals surface area contributed by atoms with Crippen LogP contribution in [-0.2, 0) is 9.84 Å². The van der Waals surface area contributed by atoms with Gasteiger partial charge in [0.1, 0.15) is 12.1 Å². The second-order valence-electron chi connectivity index (χ2n) is 5.43. The number of tetrazole rings is 1. The Morgan fingerprint density at radius 2 is 2.00 bits per heavy atom. The first-order chi connectivity index (χ1) is 12.4. The quantitative estimate of drug-likeness (QED) is 0.717. The fourth-order valence-corrected chi connectivity index (χ4v) is 2.92. The first kappa shape index (κ1) is 17.5. The Balaban J connectivity index is 1.91. The van der Waals surface area contributed by atoms with Crippen LogP contribution in [0.3, 0.4) is 0 Å². The minimum Gasteiger partial charge on any atom is -0.497 e. The van der Waals surface area contributed by atoms with Gasteiger partial charge in [-0.15, -0.1) is 5.10 Å². The Labute approximate surface area is 149 Å². The lowest BCUT2D eigenvalue weighted by Gasteiger charge is -2.10. The average molecular weight is 373 g/mol. The molecule has 0 radical (unpaired) electrons. The molecule has 0 fully saturated rings. The van der Waals surface area contributed by atoms with E-state index in [1.165, 1.54) is 42.4 Å². The predicted octanol–water partition coefficient (Wildman–Crippen LogP) is 1.33. The van der Waals surface area contributed by atoms with E-state index in [9.17, 15) is 13.2 Å². The maximum absolute atomic E-state index is 12.5. The van der Waals surface area contributed by atoms with Crippen LogP contribution in [0.1, 0.15) is 10.4 Å². The zero-order valence-corrected chi connectivity index (χ0v) is 14.8. The number of methoxy groups -OCH3 is 1. The van der Waals surface area contributed by atoms with Crippen LogP contribution in [0.2, 0.25) is 0 Å². The standard InChI is InChI=1S/C16H15N5O4S/c1-25-14-8-12(7-13(9-14)21-10-17-19-20-21)18-16(22)11-4-3-5-15(6-11)26(2,23)24/h3-10H,1-2H3,(H,18,22). The van der Waals surface area contributed by atoms with Gasteiger partial charge in [0, 0.05) is 29.6 Å². The third-order valence-electron chi connectivity index (χ3n) is 3.52. The van der Waals surface area contributed by atoms with Crippen molar-refractivity contribution >= 4 is 21.4 Å². The molecule has 0 saturated heterocycles. The van der Waals surface area contributed by atoms with Crippen LogP contribution in [0, 0.1) is 0 Å². The van der Waals surface area contributed by atoms with E-state index in [1.807, 2.05) is 0 Å². The monoisotopic (exact) mass is 373 g/mol. The number of hydrogen-bond donors (Lipinski definition) is 1. The van der Waals surface area contributed by atoms with Crippen LogP contribution >= 0.6 is 0 Å². The highest BCUT2D eigenvalue weighted by Gasteiger charge is 2.13. The van der Waals surface area contributed by atoms with Crippen molar-refractivity contribution in [3.05, 3.63) is 54.4 Å². The minimum atomic E-state index is -3.40. The maximum Gasteiger partial charge on any atom is 0.255 e. The summed E-state index contributed by atoms with van der Waals surface area (Å²) in [6, 6.07) is 10.8. The Morgan fingerprint density at radius 1 is 1.19 bits per heavy atom. The largest absolute Gasteiger partial charge is 0.497 e. The van der Waals surface area contributed by atoms with Crippen molar-refractivity contribution in [3.63, 3.8) is 0 Å². The van der Waals surface area contributed by atoms with E-state index in [1.54, 1.807) is 18.2 Å². The molecule has 0 bridgehead atoms. The molecule has 0 spiro atoms. The van der Waals surface area contributed by atoms with Gasteiger partial charge < -0.3 is 10.1 Å². The van der Waals surface area contributed by atoms with Crippen molar-refractivity contribution in [2.75, 3.05) is 18.7 Å². The number of carbonyl (C=O) groups excluding carboxylic acids is 1. The zero-order valence-electron chi connectivity index (χ0n) is 13.9. The van der Waals surface area contributed by atoms with Crippen molar-refractivity contribution in [1.29, 1.82) is 0 Å². The summed E-state index contributed by atoms with van der Waals surface area (Å²) in [6.07, 6.45) is 2.50. The number of hydrogen-bond acceptors (Lipinski definition) is 7. The molecule has 134 valence electrons. The molecule has 9 nitrogen and oxygen atoms in total. The molecule has 1 N–H and O–H groups in total. The highest BCUT2D eigenvalue weighted by atomic mass is 32.2. The molecule has 3 aromatic rings. The second-order valence-corrected chi connectivity index (χ2v) is 7.44. The maximum atomic E-state index is 12.5. The van der Waals surface area contributed by atoms with Crippen LogP contribution in [0.25, 0.3) is 5.69 Å². The summed E-state index contributed by atoms with van der Waals surface area (Å²) in [7, 11) is -1.90. The molecule has 10 heteroatoms. The molecule has 0 atom stereocenters. The van der Waals surface area contributed by atoms with Gasteiger partial charge in [0.2, 0.25) is 0 Å². The predicted molar refractivity (Wildman–Crippen MR) is 93.2 cm³/mol.